The standard InChI is InChI=1S/C19H14ClF3N6O2S/c1-10-16(32-18-24-15(28-29(10)18)11-2-4-12(20)5-3-11)25-17(30)27-26-13-6-8-14(9-7-13)31-19(21,22)23/h2-9,26H,1H3,(H2,25,27,30). The third-order valence-electron chi connectivity index (χ3n) is 4.15. The summed E-state index contributed by atoms with van der Waals surface area (Å²) in [7, 11) is 0. The Morgan fingerprint density at radius 3 is 2.44 bits per heavy atom. The van der Waals surface area contributed by atoms with E-state index in [1.165, 1.54) is 23.5 Å². The first-order chi connectivity index (χ1) is 15.2. The minimum Gasteiger partial charge on any atom is -0.406 e. The number of halogens is 4. The van der Waals surface area contributed by atoms with Gasteiger partial charge in [0.2, 0.25) is 4.96 Å². The van der Waals surface area contributed by atoms with Crippen molar-refractivity contribution in [3.05, 3.63) is 59.2 Å². The molecule has 0 atom stereocenters. The first kappa shape index (κ1) is 21.7. The van der Waals surface area contributed by atoms with Crippen molar-refractivity contribution in [2.24, 2.45) is 0 Å². The second kappa shape index (κ2) is 8.55. The van der Waals surface area contributed by atoms with Crippen molar-refractivity contribution >= 4 is 44.6 Å². The quantitative estimate of drug-likeness (QED) is 0.328. The summed E-state index contributed by atoms with van der Waals surface area (Å²) in [4.78, 5) is 17.3. The van der Waals surface area contributed by atoms with Crippen LogP contribution in [0.25, 0.3) is 16.3 Å². The maximum atomic E-state index is 12.2. The number of alkyl halides is 3. The van der Waals surface area contributed by atoms with Gasteiger partial charge in [-0.3, -0.25) is 16.2 Å². The molecule has 0 saturated carbocycles. The number of ether oxygens (including phenoxy) is 1. The molecule has 0 aliphatic carbocycles. The van der Waals surface area contributed by atoms with Crippen LogP contribution in [0.3, 0.4) is 0 Å². The van der Waals surface area contributed by atoms with Crippen molar-refractivity contribution in [3.63, 3.8) is 0 Å². The Morgan fingerprint density at radius 1 is 1.12 bits per heavy atom. The Labute approximate surface area is 188 Å². The van der Waals surface area contributed by atoms with Crippen LogP contribution in [0, 0.1) is 6.92 Å². The van der Waals surface area contributed by atoms with Gasteiger partial charge in [0.25, 0.3) is 0 Å². The number of hydrogen-bond acceptors (Lipinski definition) is 6. The summed E-state index contributed by atoms with van der Waals surface area (Å²) < 4.78 is 42.0. The fourth-order valence-electron chi connectivity index (χ4n) is 2.68. The fraction of sp³-hybridized carbons (Fsp3) is 0.105. The Kier molecular flexibility index (Phi) is 5.80. The van der Waals surface area contributed by atoms with E-state index < -0.39 is 12.4 Å². The van der Waals surface area contributed by atoms with Gasteiger partial charge in [-0.2, -0.15) is 4.98 Å². The van der Waals surface area contributed by atoms with E-state index in [2.05, 4.69) is 31.0 Å². The highest BCUT2D eigenvalue weighted by Crippen LogP contribution is 2.29. The van der Waals surface area contributed by atoms with Gasteiger partial charge in [0.1, 0.15) is 10.8 Å². The van der Waals surface area contributed by atoms with E-state index in [0.29, 0.717) is 32.2 Å². The van der Waals surface area contributed by atoms with Crippen LogP contribution < -0.4 is 20.9 Å². The Balaban J connectivity index is 1.38. The zero-order valence-electron chi connectivity index (χ0n) is 16.2. The summed E-state index contributed by atoms with van der Waals surface area (Å²) in [6.07, 6.45) is -4.77. The molecule has 4 aromatic rings. The van der Waals surface area contributed by atoms with Crippen LogP contribution in [-0.2, 0) is 0 Å². The zero-order chi connectivity index (χ0) is 22.9. The number of hydrogen-bond donors (Lipinski definition) is 3. The van der Waals surface area contributed by atoms with Crippen LogP contribution >= 0.6 is 22.9 Å². The van der Waals surface area contributed by atoms with Crippen LogP contribution in [0.4, 0.5) is 28.7 Å². The molecule has 0 radical (unpaired) electrons. The average molecular weight is 483 g/mol. The Morgan fingerprint density at radius 2 is 1.81 bits per heavy atom. The van der Waals surface area contributed by atoms with E-state index >= 15 is 0 Å². The molecule has 2 aromatic carbocycles. The lowest BCUT2D eigenvalue weighted by Gasteiger charge is -2.11. The zero-order valence-corrected chi connectivity index (χ0v) is 17.8. The number of hydrazine groups is 1. The lowest BCUT2D eigenvalue weighted by molar-refractivity contribution is -0.274. The molecule has 0 bridgehead atoms. The molecule has 3 N–H and O–H groups in total. The maximum absolute atomic E-state index is 12.2. The number of nitrogens with one attached hydrogen (secondary N) is 3. The highest BCUT2D eigenvalue weighted by Gasteiger charge is 2.30. The van der Waals surface area contributed by atoms with Crippen LogP contribution in [0.2, 0.25) is 5.02 Å². The number of aromatic nitrogens is 3. The highest BCUT2D eigenvalue weighted by molar-refractivity contribution is 7.21. The second-order valence-electron chi connectivity index (χ2n) is 6.43. The molecule has 32 heavy (non-hydrogen) atoms. The normalized spacial score (nSPS) is 11.4. The summed E-state index contributed by atoms with van der Waals surface area (Å²) in [5.41, 5.74) is 6.85. The van der Waals surface area contributed by atoms with E-state index in [4.69, 9.17) is 11.6 Å². The summed E-state index contributed by atoms with van der Waals surface area (Å²) in [6.45, 7) is 1.78. The fourth-order valence-corrected chi connectivity index (χ4v) is 3.77. The van der Waals surface area contributed by atoms with Gasteiger partial charge >= 0.3 is 12.4 Å². The lowest BCUT2D eigenvalue weighted by Crippen LogP contribution is -2.33. The number of nitrogens with zero attached hydrogens (tertiary/aromatic N) is 3. The number of amides is 2. The van der Waals surface area contributed by atoms with Gasteiger partial charge in [-0.05, 0) is 55.5 Å². The van der Waals surface area contributed by atoms with E-state index in [1.807, 2.05) is 12.1 Å². The molecule has 0 saturated heterocycles. The monoisotopic (exact) mass is 482 g/mol. The molecule has 0 fully saturated rings. The van der Waals surface area contributed by atoms with E-state index in [-0.39, 0.29) is 5.75 Å². The van der Waals surface area contributed by atoms with Crippen LogP contribution in [-0.4, -0.2) is 27.0 Å². The smallest absolute Gasteiger partial charge is 0.406 e. The molecular formula is C19H14ClF3N6O2S. The van der Waals surface area contributed by atoms with Crippen LogP contribution in [0.1, 0.15) is 5.69 Å². The number of thiazole rings is 1. The molecule has 0 aliphatic rings. The van der Waals surface area contributed by atoms with Gasteiger partial charge in [0, 0.05) is 10.6 Å². The summed E-state index contributed by atoms with van der Waals surface area (Å²) in [5, 5.41) is 8.29. The summed E-state index contributed by atoms with van der Waals surface area (Å²) in [5.74, 6) is 0.169. The van der Waals surface area contributed by atoms with Crippen molar-refractivity contribution in [1.29, 1.82) is 0 Å². The first-order valence-electron chi connectivity index (χ1n) is 8.99. The maximum Gasteiger partial charge on any atom is 0.573 e. The topological polar surface area (TPSA) is 92.6 Å². The SMILES string of the molecule is Cc1c(NC(=O)NNc2ccc(OC(F)(F)F)cc2)sc2nc(-c3ccc(Cl)cc3)nn12. The number of aryl methyl sites for hydroxylation is 1. The van der Waals surface area contributed by atoms with Gasteiger partial charge in [0.15, 0.2) is 5.82 Å². The molecule has 13 heteroatoms. The average Bonchev–Trinajstić information content (AvgIpc) is 3.26. The Bertz CT molecular complexity index is 1260. The van der Waals surface area contributed by atoms with E-state index in [1.54, 1.807) is 23.6 Å². The van der Waals surface area contributed by atoms with Gasteiger partial charge < -0.3 is 4.74 Å². The predicted octanol–water partition coefficient (Wildman–Crippen LogP) is 5.47. The molecule has 0 spiro atoms. The molecule has 166 valence electrons. The molecule has 0 aliphatic heterocycles. The number of rotatable bonds is 5. The first-order valence-corrected chi connectivity index (χ1v) is 10.2. The molecule has 2 aromatic heterocycles. The van der Waals surface area contributed by atoms with Crippen molar-refractivity contribution < 1.29 is 22.7 Å². The van der Waals surface area contributed by atoms with Gasteiger partial charge in [-0.1, -0.05) is 22.9 Å². The van der Waals surface area contributed by atoms with Gasteiger partial charge in [-0.25, -0.2) is 9.31 Å². The minimum absolute atomic E-state index is 0.363. The highest BCUT2D eigenvalue weighted by atomic mass is 35.5. The molecular weight excluding hydrogens is 469 g/mol. The molecule has 2 heterocycles. The van der Waals surface area contributed by atoms with E-state index in [0.717, 1.165) is 17.7 Å². The number of fused-ring (bicyclic) bond motifs is 1. The largest absolute Gasteiger partial charge is 0.573 e. The van der Waals surface area contributed by atoms with Crippen molar-refractivity contribution in [2.45, 2.75) is 13.3 Å². The third-order valence-corrected chi connectivity index (χ3v) is 5.46. The minimum atomic E-state index is -4.77. The van der Waals surface area contributed by atoms with Crippen molar-refractivity contribution in [3.8, 4) is 17.1 Å². The van der Waals surface area contributed by atoms with Gasteiger partial charge in [-0.15, -0.1) is 18.3 Å². The third kappa shape index (κ3) is 5.03. The molecule has 4 rings (SSSR count). The number of carbonyl (C=O) groups is 1. The predicted molar refractivity (Wildman–Crippen MR) is 115 cm³/mol. The Hall–Kier alpha value is -3.51. The number of carbonyl (C=O) groups excluding carboxylic acids is 1. The van der Waals surface area contributed by atoms with Crippen LogP contribution in [0.5, 0.6) is 5.75 Å². The van der Waals surface area contributed by atoms with Crippen LogP contribution in [0.15, 0.2) is 48.5 Å². The molecule has 8 nitrogen and oxygen atoms in total. The number of anilines is 2. The van der Waals surface area contributed by atoms with Gasteiger partial charge in [0.05, 0.1) is 11.4 Å². The van der Waals surface area contributed by atoms with Crippen molar-refractivity contribution in [1.82, 2.24) is 20.0 Å². The summed E-state index contributed by atoms with van der Waals surface area (Å²) in [6, 6.07) is 11.5. The molecule has 0 unspecified atom stereocenters. The summed E-state index contributed by atoms with van der Waals surface area (Å²) >= 11 is 7.14. The second-order valence-corrected chi connectivity index (χ2v) is 7.84. The lowest BCUT2D eigenvalue weighted by atomic mass is 10.2. The number of benzene rings is 2. The molecule has 2 amide bonds. The van der Waals surface area contributed by atoms with E-state index in [9.17, 15) is 18.0 Å². The van der Waals surface area contributed by atoms with Crippen molar-refractivity contribution in [2.75, 3.05) is 10.7 Å². The number of urea groups is 1.